The van der Waals surface area contributed by atoms with Gasteiger partial charge in [0.15, 0.2) is 0 Å². The Morgan fingerprint density at radius 3 is 2.72 bits per heavy atom. The van der Waals surface area contributed by atoms with Crippen LogP contribution in [0.1, 0.15) is 16.1 Å². The standard InChI is InChI=1S/C11H15N3O4/c1-18-9(4-12)10(15)14-6-7-2-3-8(11(16)17)13-5-7/h2-3,5,9H,4,6,12H2,1H3,(H,14,15)(H,16,17). The molecule has 0 radical (unpaired) electrons. The number of methoxy groups -OCH3 is 1. The van der Waals surface area contributed by atoms with Crippen molar-refractivity contribution in [2.75, 3.05) is 13.7 Å². The Bertz CT molecular complexity index is 415. The van der Waals surface area contributed by atoms with Gasteiger partial charge < -0.3 is 20.9 Å². The fourth-order valence-electron chi connectivity index (χ4n) is 1.27. The molecular weight excluding hydrogens is 238 g/mol. The summed E-state index contributed by atoms with van der Waals surface area (Å²) in [7, 11) is 1.40. The van der Waals surface area contributed by atoms with E-state index in [4.69, 9.17) is 15.6 Å². The fraction of sp³-hybridized carbons (Fsp3) is 0.364. The highest BCUT2D eigenvalue weighted by atomic mass is 16.5. The van der Waals surface area contributed by atoms with E-state index in [1.54, 1.807) is 6.07 Å². The van der Waals surface area contributed by atoms with Crippen LogP contribution in [0.25, 0.3) is 0 Å². The van der Waals surface area contributed by atoms with Gasteiger partial charge in [-0.05, 0) is 11.6 Å². The number of carbonyl (C=O) groups excluding carboxylic acids is 1. The number of amides is 1. The minimum atomic E-state index is -1.09. The summed E-state index contributed by atoms with van der Waals surface area (Å²) in [6, 6.07) is 2.96. The van der Waals surface area contributed by atoms with E-state index in [1.807, 2.05) is 0 Å². The van der Waals surface area contributed by atoms with Crippen molar-refractivity contribution in [3.8, 4) is 0 Å². The van der Waals surface area contributed by atoms with Gasteiger partial charge in [-0.25, -0.2) is 9.78 Å². The van der Waals surface area contributed by atoms with E-state index in [2.05, 4.69) is 10.3 Å². The number of carboxylic acids is 1. The summed E-state index contributed by atoms with van der Waals surface area (Å²) >= 11 is 0. The average molecular weight is 253 g/mol. The van der Waals surface area contributed by atoms with Gasteiger partial charge in [0.05, 0.1) is 0 Å². The third kappa shape index (κ3) is 3.79. The van der Waals surface area contributed by atoms with Crippen molar-refractivity contribution in [2.45, 2.75) is 12.6 Å². The summed E-state index contributed by atoms with van der Waals surface area (Å²) < 4.78 is 4.87. The zero-order valence-corrected chi connectivity index (χ0v) is 9.92. The zero-order valence-electron chi connectivity index (χ0n) is 9.92. The Balaban J connectivity index is 2.53. The lowest BCUT2D eigenvalue weighted by Gasteiger charge is -2.12. The van der Waals surface area contributed by atoms with Crippen LogP contribution in [-0.4, -0.2) is 41.7 Å². The van der Waals surface area contributed by atoms with Crippen LogP contribution in [0.2, 0.25) is 0 Å². The first kappa shape index (κ1) is 14.1. The van der Waals surface area contributed by atoms with E-state index in [-0.39, 0.29) is 24.7 Å². The van der Waals surface area contributed by atoms with Crippen molar-refractivity contribution < 1.29 is 19.4 Å². The maximum Gasteiger partial charge on any atom is 0.354 e. The third-order valence-electron chi connectivity index (χ3n) is 2.30. The molecule has 0 bridgehead atoms. The summed E-state index contributed by atoms with van der Waals surface area (Å²) in [6.45, 7) is 0.337. The molecule has 0 aliphatic heterocycles. The van der Waals surface area contributed by atoms with Crippen LogP contribution in [0.4, 0.5) is 0 Å². The quantitative estimate of drug-likeness (QED) is 0.622. The van der Waals surface area contributed by atoms with Gasteiger partial charge in [0.25, 0.3) is 5.91 Å². The molecule has 0 aromatic carbocycles. The monoisotopic (exact) mass is 253 g/mol. The summed E-state index contributed by atoms with van der Waals surface area (Å²) in [4.78, 5) is 25.8. The van der Waals surface area contributed by atoms with Gasteiger partial charge >= 0.3 is 5.97 Å². The molecule has 4 N–H and O–H groups in total. The Hall–Kier alpha value is -1.99. The number of hydrogen-bond donors (Lipinski definition) is 3. The van der Waals surface area contributed by atoms with E-state index >= 15 is 0 Å². The number of carbonyl (C=O) groups is 2. The number of nitrogens with zero attached hydrogens (tertiary/aromatic N) is 1. The number of nitrogens with two attached hydrogens (primary N) is 1. The molecule has 0 aliphatic rings. The number of hydrogen-bond acceptors (Lipinski definition) is 5. The topological polar surface area (TPSA) is 115 Å². The van der Waals surface area contributed by atoms with Crippen molar-refractivity contribution in [1.29, 1.82) is 0 Å². The van der Waals surface area contributed by atoms with Crippen LogP contribution in [0.15, 0.2) is 18.3 Å². The lowest BCUT2D eigenvalue weighted by Crippen LogP contribution is -2.40. The van der Waals surface area contributed by atoms with Crippen LogP contribution in [-0.2, 0) is 16.1 Å². The van der Waals surface area contributed by atoms with Crippen molar-refractivity contribution in [3.05, 3.63) is 29.6 Å². The van der Waals surface area contributed by atoms with Crippen molar-refractivity contribution in [1.82, 2.24) is 10.3 Å². The lowest BCUT2D eigenvalue weighted by molar-refractivity contribution is -0.130. The molecule has 0 saturated heterocycles. The molecule has 7 heteroatoms. The van der Waals surface area contributed by atoms with Gasteiger partial charge in [-0.15, -0.1) is 0 Å². The molecule has 0 aliphatic carbocycles. The Labute approximate surface area is 104 Å². The Morgan fingerprint density at radius 2 is 2.28 bits per heavy atom. The fourth-order valence-corrected chi connectivity index (χ4v) is 1.27. The number of carboxylic acid groups (broad SMARTS) is 1. The number of pyridine rings is 1. The molecule has 98 valence electrons. The molecule has 1 aromatic rings. The molecular formula is C11H15N3O4. The lowest BCUT2D eigenvalue weighted by atomic mass is 10.2. The first-order chi connectivity index (χ1) is 8.58. The minimum absolute atomic E-state index is 0.0400. The smallest absolute Gasteiger partial charge is 0.354 e. The second-order valence-corrected chi connectivity index (χ2v) is 3.53. The Kier molecular flexibility index (Phi) is 5.22. The van der Waals surface area contributed by atoms with Crippen LogP contribution in [0, 0.1) is 0 Å². The molecule has 0 saturated carbocycles. The highest BCUT2D eigenvalue weighted by molar-refractivity contribution is 5.85. The van der Waals surface area contributed by atoms with Gasteiger partial charge in [0.1, 0.15) is 11.8 Å². The van der Waals surface area contributed by atoms with Crippen LogP contribution in [0.5, 0.6) is 0 Å². The van der Waals surface area contributed by atoms with Gasteiger partial charge in [-0.1, -0.05) is 6.07 Å². The molecule has 1 aromatic heterocycles. The Morgan fingerprint density at radius 1 is 1.56 bits per heavy atom. The average Bonchev–Trinajstić information content (AvgIpc) is 2.38. The number of aromatic carboxylic acids is 1. The molecule has 0 spiro atoms. The molecule has 1 rings (SSSR count). The van der Waals surface area contributed by atoms with Crippen LogP contribution < -0.4 is 11.1 Å². The maximum atomic E-state index is 11.5. The van der Waals surface area contributed by atoms with Gasteiger partial charge in [0, 0.05) is 26.4 Å². The highest BCUT2D eigenvalue weighted by Crippen LogP contribution is 2.00. The van der Waals surface area contributed by atoms with Crippen molar-refractivity contribution in [2.24, 2.45) is 5.73 Å². The van der Waals surface area contributed by atoms with E-state index in [9.17, 15) is 9.59 Å². The normalized spacial score (nSPS) is 11.9. The second kappa shape index (κ2) is 6.67. The summed E-state index contributed by atoms with van der Waals surface area (Å²) in [6.07, 6.45) is 0.713. The first-order valence-corrected chi connectivity index (χ1v) is 5.27. The largest absolute Gasteiger partial charge is 0.477 e. The maximum absolute atomic E-state index is 11.5. The highest BCUT2D eigenvalue weighted by Gasteiger charge is 2.14. The molecule has 1 heterocycles. The zero-order chi connectivity index (χ0) is 13.5. The molecule has 1 atom stereocenters. The van der Waals surface area contributed by atoms with E-state index in [1.165, 1.54) is 19.4 Å². The SMILES string of the molecule is COC(CN)C(=O)NCc1ccc(C(=O)O)nc1. The van der Waals surface area contributed by atoms with Crippen molar-refractivity contribution in [3.63, 3.8) is 0 Å². The van der Waals surface area contributed by atoms with Gasteiger partial charge in [-0.3, -0.25) is 4.79 Å². The third-order valence-corrected chi connectivity index (χ3v) is 2.30. The number of rotatable bonds is 6. The van der Waals surface area contributed by atoms with Gasteiger partial charge in [-0.2, -0.15) is 0 Å². The van der Waals surface area contributed by atoms with E-state index < -0.39 is 12.1 Å². The van der Waals surface area contributed by atoms with Crippen LogP contribution in [0.3, 0.4) is 0 Å². The molecule has 7 nitrogen and oxygen atoms in total. The number of ether oxygens (including phenoxy) is 1. The summed E-state index contributed by atoms with van der Waals surface area (Å²) in [5.74, 6) is -1.41. The predicted molar refractivity (Wildman–Crippen MR) is 62.9 cm³/mol. The molecule has 1 amide bonds. The second-order valence-electron chi connectivity index (χ2n) is 3.53. The first-order valence-electron chi connectivity index (χ1n) is 5.27. The molecule has 1 unspecified atom stereocenters. The predicted octanol–water partition coefficient (Wildman–Crippen LogP) is -0.630. The minimum Gasteiger partial charge on any atom is -0.477 e. The summed E-state index contributed by atoms with van der Waals surface area (Å²) in [5, 5.41) is 11.3. The van der Waals surface area contributed by atoms with Crippen molar-refractivity contribution >= 4 is 11.9 Å². The summed E-state index contributed by atoms with van der Waals surface area (Å²) in [5.41, 5.74) is 6.00. The molecule has 18 heavy (non-hydrogen) atoms. The van der Waals surface area contributed by atoms with E-state index in [0.29, 0.717) is 5.56 Å². The number of aromatic nitrogens is 1. The van der Waals surface area contributed by atoms with Gasteiger partial charge in [0.2, 0.25) is 0 Å². The number of nitrogens with one attached hydrogen (secondary N) is 1. The van der Waals surface area contributed by atoms with E-state index in [0.717, 1.165) is 0 Å². The van der Waals surface area contributed by atoms with Crippen LogP contribution >= 0.6 is 0 Å². The molecule has 0 fully saturated rings.